The molecule has 36 heavy (non-hydrogen) atoms. The molecule has 1 saturated heterocycles. The maximum Gasteiger partial charge on any atom is 0.311 e. The summed E-state index contributed by atoms with van der Waals surface area (Å²) in [6.07, 6.45) is -7.95. The van der Waals surface area contributed by atoms with Crippen molar-refractivity contribution in [2.75, 3.05) is 6.61 Å². The predicted molar refractivity (Wildman–Crippen MR) is 121 cm³/mol. The van der Waals surface area contributed by atoms with E-state index in [9.17, 15) is 39.9 Å². The van der Waals surface area contributed by atoms with Crippen LogP contribution in [0.25, 0.3) is 22.1 Å². The van der Waals surface area contributed by atoms with E-state index in [2.05, 4.69) is 0 Å². The van der Waals surface area contributed by atoms with Gasteiger partial charge in [0.05, 0.1) is 23.1 Å². The van der Waals surface area contributed by atoms with E-state index in [1.807, 2.05) is 0 Å². The van der Waals surface area contributed by atoms with E-state index in [1.54, 1.807) is 0 Å². The van der Waals surface area contributed by atoms with Crippen molar-refractivity contribution in [3.05, 3.63) is 58.4 Å². The first-order chi connectivity index (χ1) is 17.1. The Balaban J connectivity index is 1.80. The van der Waals surface area contributed by atoms with Crippen molar-refractivity contribution in [1.29, 1.82) is 0 Å². The molecular weight excluding hydrogens is 480 g/mol. The van der Waals surface area contributed by atoms with Crippen LogP contribution in [-0.4, -0.2) is 79.7 Å². The van der Waals surface area contributed by atoms with Crippen LogP contribution >= 0.6 is 0 Å². The molecule has 0 bridgehead atoms. The van der Waals surface area contributed by atoms with Crippen molar-refractivity contribution in [1.82, 2.24) is 0 Å². The van der Waals surface area contributed by atoms with Gasteiger partial charge in [0.25, 0.3) is 0 Å². The van der Waals surface area contributed by atoms with E-state index in [0.717, 1.165) is 18.4 Å². The first-order valence-electron chi connectivity index (χ1n) is 10.7. The van der Waals surface area contributed by atoms with E-state index < -0.39 is 60.9 Å². The number of Topliss-reactive ketones (excluding diaryl/α,β-unsaturated/α-hetero) is 1. The zero-order valence-corrected chi connectivity index (χ0v) is 18.5. The first kappa shape index (κ1) is 25.3. The summed E-state index contributed by atoms with van der Waals surface area (Å²) in [6, 6.07) is 7.95. The fraction of sp³-hybridized carbons (Fsp3) is 0.292. The molecule has 0 spiro atoms. The number of carboxylic acid groups (broad SMARTS) is 1. The topological polar surface area (TPSA) is 204 Å². The summed E-state index contributed by atoms with van der Waals surface area (Å²) in [5.74, 6) is -2.71. The number of aliphatic carboxylic acids is 1. The molecule has 12 heteroatoms. The van der Waals surface area contributed by atoms with E-state index in [1.165, 1.54) is 24.3 Å². The van der Waals surface area contributed by atoms with Gasteiger partial charge in [-0.15, -0.1) is 0 Å². The molecule has 0 amide bonds. The molecule has 2 aromatic carbocycles. The fourth-order valence-corrected chi connectivity index (χ4v) is 3.84. The van der Waals surface area contributed by atoms with E-state index in [-0.39, 0.29) is 33.6 Å². The molecule has 1 aromatic heterocycles. The molecule has 1 aliphatic rings. The number of carboxylic acids is 1. The van der Waals surface area contributed by atoms with Crippen LogP contribution in [0.2, 0.25) is 0 Å². The monoisotopic (exact) mass is 502 g/mol. The quantitative estimate of drug-likeness (QED) is 0.187. The van der Waals surface area contributed by atoms with Crippen molar-refractivity contribution in [2.24, 2.45) is 0 Å². The lowest BCUT2D eigenvalue weighted by molar-refractivity contribution is -0.277. The van der Waals surface area contributed by atoms with Crippen molar-refractivity contribution in [3.8, 4) is 22.6 Å². The van der Waals surface area contributed by atoms with E-state index >= 15 is 0 Å². The largest absolute Gasteiger partial charge is 0.508 e. The summed E-state index contributed by atoms with van der Waals surface area (Å²) < 4.78 is 16.4. The van der Waals surface area contributed by atoms with Crippen LogP contribution in [0.15, 0.2) is 51.9 Å². The zero-order valence-electron chi connectivity index (χ0n) is 18.5. The third kappa shape index (κ3) is 4.80. The standard InChI is InChI=1S/C24H22O12/c25-8-18-21(31)22(32)23(33)24(36-18)35-17-7-16-13(5-12(17)15(27)6-19(28)29)20(30)14(9-34-16)10-1-3-11(26)4-2-10/h1-5,7,9,18,21-26,31-33H,6,8H2,(H,28,29)/t18-,21-,22+,23-,24-/m1/s1. The van der Waals surface area contributed by atoms with Gasteiger partial charge in [0, 0.05) is 6.07 Å². The molecule has 5 atom stereocenters. The Hall–Kier alpha value is -3.81. The molecule has 190 valence electrons. The summed E-state index contributed by atoms with van der Waals surface area (Å²) >= 11 is 0. The van der Waals surface area contributed by atoms with Gasteiger partial charge in [0.1, 0.15) is 54.2 Å². The molecular formula is C24H22O12. The number of fused-ring (bicyclic) bond motifs is 1. The fourth-order valence-electron chi connectivity index (χ4n) is 3.84. The normalized spacial score (nSPS) is 23.9. The highest BCUT2D eigenvalue weighted by Gasteiger charge is 2.45. The number of ether oxygens (including phenoxy) is 2. The second-order valence-corrected chi connectivity index (χ2v) is 8.18. The van der Waals surface area contributed by atoms with Gasteiger partial charge in [-0.1, -0.05) is 12.1 Å². The molecule has 4 rings (SSSR count). The second kappa shape index (κ2) is 10.0. The predicted octanol–water partition coefficient (Wildman–Crippen LogP) is 0.00170. The van der Waals surface area contributed by atoms with E-state index in [4.69, 9.17) is 19.0 Å². The third-order valence-electron chi connectivity index (χ3n) is 5.76. The Morgan fingerprint density at radius 1 is 1.00 bits per heavy atom. The second-order valence-electron chi connectivity index (χ2n) is 8.18. The van der Waals surface area contributed by atoms with Crippen molar-refractivity contribution < 1.29 is 54.1 Å². The van der Waals surface area contributed by atoms with Gasteiger partial charge >= 0.3 is 5.97 Å². The average molecular weight is 502 g/mol. The molecule has 0 saturated carbocycles. The summed E-state index contributed by atoms with van der Waals surface area (Å²) in [6.45, 7) is -0.720. The summed E-state index contributed by atoms with van der Waals surface area (Å²) in [5.41, 5.74) is -0.401. The molecule has 3 aromatic rings. The number of carbonyl (C=O) groups is 2. The Labute approximate surface area is 202 Å². The lowest BCUT2D eigenvalue weighted by atomic mass is 9.99. The number of carbonyl (C=O) groups excluding carboxylic acids is 1. The number of ketones is 1. The van der Waals surface area contributed by atoms with Crippen molar-refractivity contribution in [2.45, 2.75) is 37.1 Å². The van der Waals surface area contributed by atoms with Gasteiger partial charge < -0.3 is 44.5 Å². The number of aliphatic hydroxyl groups is 4. The number of hydrogen-bond donors (Lipinski definition) is 6. The number of phenols is 1. The number of phenolic OH excluding ortho intramolecular Hbond substituents is 1. The highest BCUT2D eigenvalue weighted by atomic mass is 16.7. The summed E-state index contributed by atoms with van der Waals surface area (Å²) in [7, 11) is 0. The minimum atomic E-state index is -1.80. The van der Waals surface area contributed by atoms with Gasteiger partial charge in [0.15, 0.2) is 5.78 Å². The summed E-state index contributed by atoms with van der Waals surface area (Å²) in [5, 5.41) is 58.2. The highest BCUT2D eigenvalue weighted by Crippen LogP contribution is 2.31. The van der Waals surface area contributed by atoms with Crippen LogP contribution in [0.3, 0.4) is 0 Å². The molecule has 0 unspecified atom stereocenters. The lowest BCUT2D eigenvalue weighted by Gasteiger charge is -2.39. The smallest absolute Gasteiger partial charge is 0.311 e. The maximum absolute atomic E-state index is 13.2. The Kier molecular flexibility index (Phi) is 7.06. The van der Waals surface area contributed by atoms with Gasteiger partial charge in [-0.25, -0.2) is 0 Å². The number of benzene rings is 2. The SMILES string of the molecule is O=C(O)CC(=O)c1cc2c(=O)c(-c3ccc(O)cc3)coc2cc1O[C@@H]1O[C@H](CO)[C@@H](O)[C@H](O)[C@H]1O. The molecule has 0 radical (unpaired) electrons. The number of aromatic hydroxyl groups is 1. The van der Waals surface area contributed by atoms with Crippen LogP contribution in [0.5, 0.6) is 11.5 Å². The molecule has 2 heterocycles. The molecule has 1 aliphatic heterocycles. The molecule has 0 aliphatic carbocycles. The maximum atomic E-state index is 13.2. The molecule has 1 fully saturated rings. The number of rotatable bonds is 7. The van der Waals surface area contributed by atoms with Crippen LogP contribution in [0.1, 0.15) is 16.8 Å². The number of aliphatic hydroxyl groups excluding tert-OH is 4. The van der Waals surface area contributed by atoms with Crippen LogP contribution in [-0.2, 0) is 9.53 Å². The lowest BCUT2D eigenvalue weighted by Crippen LogP contribution is -2.60. The molecule has 12 nitrogen and oxygen atoms in total. The van der Waals surface area contributed by atoms with Crippen LogP contribution < -0.4 is 10.2 Å². The van der Waals surface area contributed by atoms with Gasteiger partial charge in [-0.05, 0) is 23.8 Å². The minimum absolute atomic E-state index is 0.0135. The summed E-state index contributed by atoms with van der Waals surface area (Å²) in [4.78, 5) is 37.1. The van der Waals surface area contributed by atoms with Crippen LogP contribution in [0, 0.1) is 0 Å². The van der Waals surface area contributed by atoms with E-state index in [0.29, 0.717) is 5.56 Å². The molecule has 6 N–H and O–H groups in total. The van der Waals surface area contributed by atoms with Gasteiger partial charge in [-0.2, -0.15) is 0 Å². The van der Waals surface area contributed by atoms with Crippen LogP contribution in [0.4, 0.5) is 0 Å². The zero-order chi connectivity index (χ0) is 26.1. The van der Waals surface area contributed by atoms with Gasteiger partial charge in [0.2, 0.25) is 11.7 Å². The van der Waals surface area contributed by atoms with Crippen molar-refractivity contribution in [3.63, 3.8) is 0 Å². The highest BCUT2D eigenvalue weighted by molar-refractivity contribution is 6.09. The Bertz CT molecular complexity index is 1340. The van der Waals surface area contributed by atoms with Gasteiger partial charge in [-0.3, -0.25) is 14.4 Å². The number of hydrogen-bond acceptors (Lipinski definition) is 11. The Morgan fingerprint density at radius 2 is 1.69 bits per heavy atom. The Morgan fingerprint density at radius 3 is 2.33 bits per heavy atom. The third-order valence-corrected chi connectivity index (χ3v) is 5.76. The average Bonchev–Trinajstić information content (AvgIpc) is 2.84. The van der Waals surface area contributed by atoms with Crippen molar-refractivity contribution >= 4 is 22.7 Å². The minimum Gasteiger partial charge on any atom is -0.508 e. The first-order valence-corrected chi connectivity index (χ1v) is 10.7.